The molecule has 0 radical (unpaired) electrons. The molecule has 1 aliphatic heterocycles. The Kier molecular flexibility index (Phi) is 6.36. The first-order valence-corrected chi connectivity index (χ1v) is 10.7. The Morgan fingerprint density at radius 3 is 2.48 bits per heavy atom. The summed E-state index contributed by atoms with van der Waals surface area (Å²) in [6.45, 7) is 13.4. The average molecular weight is 414 g/mol. The number of anilines is 1. The number of fused-ring (bicyclic) bond motifs is 1. The molecule has 0 unspecified atom stereocenters. The Morgan fingerprint density at radius 1 is 1.19 bits per heavy atom. The largest absolute Gasteiger partial charge is 0.360 e. The van der Waals surface area contributed by atoms with Crippen LogP contribution in [0.3, 0.4) is 0 Å². The van der Waals surface area contributed by atoms with Crippen molar-refractivity contribution >= 4 is 23.2 Å². The van der Waals surface area contributed by atoms with Crippen LogP contribution >= 0.6 is 0 Å². The van der Waals surface area contributed by atoms with Gasteiger partial charge in [-0.25, -0.2) is 0 Å². The van der Waals surface area contributed by atoms with E-state index < -0.39 is 0 Å². The van der Waals surface area contributed by atoms with Gasteiger partial charge in [0.05, 0.1) is 5.54 Å². The van der Waals surface area contributed by atoms with Crippen LogP contribution in [0.15, 0.2) is 54.1 Å². The third-order valence-electron chi connectivity index (χ3n) is 5.74. The molecule has 0 spiro atoms. The van der Waals surface area contributed by atoms with Crippen LogP contribution in [0.4, 0.5) is 5.69 Å². The monoisotopic (exact) mass is 413 g/mol. The molecule has 1 amide bonds. The lowest BCUT2D eigenvalue weighted by molar-refractivity contribution is -0.117. The van der Waals surface area contributed by atoms with E-state index in [1.807, 2.05) is 37.3 Å². The van der Waals surface area contributed by atoms with E-state index in [1.54, 1.807) is 6.08 Å². The molecule has 0 aliphatic carbocycles. The Balaban J connectivity index is 1.94. The van der Waals surface area contributed by atoms with Crippen LogP contribution in [-0.4, -0.2) is 17.5 Å². The first-order chi connectivity index (χ1) is 14.6. The number of benzene rings is 2. The highest BCUT2D eigenvalue weighted by molar-refractivity contribution is 6.02. The zero-order valence-corrected chi connectivity index (χ0v) is 19.3. The minimum Gasteiger partial charge on any atom is -0.360 e. The van der Waals surface area contributed by atoms with Gasteiger partial charge in [0, 0.05) is 23.8 Å². The van der Waals surface area contributed by atoms with Gasteiger partial charge in [-0.05, 0) is 82.0 Å². The first-order valence-electron chi connectivity index (χ1n) is 10.7. The summed E-state index contributed by atoms with van der Waals surface area (Å²) < 4.78 is 0. The summed E-state index contributed by atoms with van der Waals surface area (Å²) in [5.74, 6) is -0.360. The molecular formula is C27H31N3O. The molecule has 2 aromatic carbocycles. The topological polar surface area (TPSA) is 56.1 Å². The normalized spacial score (nSPS) is 15.2. The van der Waals surface area contributed by atoms with Gasteiger partial charge in [-0.15, -0.1) is 0 Å². The number of nitrogens with one attached hydrogen (secondary N) is 1. The molecule has 1 aliphatic rings. The molecule has 0 fully saturated rings. The highest BCUT2D eigenvalue weighted by atomic mass is 16.1. The summed E-state index contributed by atoms with van der Waals surface area (Å²) in [4.78, 5) is 15.0. The molecule has 0 saturated carbocycles. The fraction of sp³-hybridized carbons (Fsp3) is 0.333. The van der Waals surface area contributed by atoms with E-state index in [0.717, 1.165) is 22.3 Å². The number of hydrogen-bond donors (Lipinski definition) is 1. The van der Waals surface area contributed by atoms with E-state index in [0.29, 0.717) is 12.6 Å². The molecule has 0 bridgehead atoms. The highest BCUT2D eigenvalue weighted by Gasteiger charge is 2.33. The minimum atomic E-state index is -0.360. The number of hydrogen-bond acceptors (Lipinski definition) is 3. The molecule has 1 N–H and O–H groups in total. The van der Waals surface area contributed by atoms with Crippen molar-refractivity contribution in [3.63, 3.8) is 0 Å². The SMILES string of the molecule is CC1=CC(C)(C)N(C(C)C)c2cc(C)c(/C=C(/C#N)C(=O)NCc3ccccc3)cc21. The van der Waals surface area contributed by atoms with Crippen LogP contribution in [0.25, 0.3) is 11.6 Å². The lowest BCUT2D eigenvalue weighted by Crippen LogP contribution is -2.49. The number of nitrogens with zero attached hydrogens (tertiary/aromatic N) is 2. The molecule has 31 heavy (non-hydrogen) atoms. The van der Waals surface area contributed by atoms with Crippen molar-refractivity contribution in [2.45, 2.75) is 59.7 Å². The van der Waals surface area contributed by atoms with Crippen molar-refractivity contribution in [1.82, 2.24) is 5.32 Å². The van der Waals surface area contributed by atoms with Crippen molar-refractivity contribution in [2.24, 2.45) is 0 Å². The second kappa shape index (κ2) is 8.81. The zero-order valence-electron chi connectivity index (χ0n) is 19.3. The smallest absolute Gasteiger partial charge is 0.262 e. The maximum absolute atomic E-state index is 12.6. The van der Waals surface area contributed by atoms with E-state index in [1.165, 1.54) is 11.3 Å². The Hall–Kier alpha value is -3.32. The van der Waals surface area contributed by atoms with Gasteiger partial charge in [0.2, 0.25) is 0 Å². The number of amides is 1. The number of carbonyl (C=O) groups excluding carboxylic acids is 1. The molecule has 4 nitrogen and oxygen atoms in total. The second-order valence-electron chi connectivity index (χ2n) is 9.01. The Morgan fingerprint density at radius 2 is 1.87 bits per heavy atom. The van der Waals surface area contributed by atoms with Gasteiger partial charge in [0.1, 0.15) is 11.6 Å². The van der Waals surface area contributed by atoms with E-state index in [2.05, 4.69) is 69.1 Å². The molecular weight excluding hydrogens is 382 g/mol. The van der Waals surface area contributed by atoms with Crippen LogP contribution in [0.2, 0.25) is 0 Å². The molecule has 3 rings (SSSR count). The fourth-order valence-corrected chi connectivity index (χ4v) is 4.49. The number of carbonyl (C=O) groups is 1. The highest BCUT2D eigenvalue weighted by Crippen LogP contribution is 2.41. The Labute approximate surface area is 185 Å². The maximum Gasteiger partial charge on any atom is 0.262 e. The molecule has 2 aromatic rings. The van der Waals surface area contributed by atoms with Crippen molar-refractivity contribution in [3.8, 4) is 6.07 Å². The molecule has 0 atom stereocenters. The number of aryl methyl sites for hydroxylation is 1. The third kappa shape index (κ3) is 4.72. The summed E-state index contributed by atoms with van der Waals surface area (Å²) in [5, 5.41) is 12.5. The lowest BCUT2D eigenvalue weighted by Gasteiger charge is -2.46. The van der Waals surface area contributed by atoms with Crippen molar-refractivity contribution in [3.05, 3.63) is 76.4 Å². The van der Waals surface area contributed by atoms with Crippen LogP contribution in [0.1, 0.15) is 56.9 Å². The molecule has 160 valence electrons. The first kappa shape index (κ1) is 22.4. The van der Waals surface area contributed by atoms with E-state index >= 15 is 0 Å². The van der Waals surface area contributed by atoms with Gasteiger partial charge >= 0.3 is 0 Å². The molecule has 0 aromatic heterocycles. The molecule has 4 heteroatoms. The van der Waals surface area contributed by atoms with Gasteiger partial charge in [-0.3, -0.25) is 4.79 Å². The lowest BCUT2D eigenvalue weighted by atomic mass is 9.85. The van der Waals surface area contributed by atoms with E-state index in [-0.39, 0.29) is 17.0 Å². The van der Waals surface area contributed by atoms with E-state index in [4.69, 9.17) is 0 Å². The van der Waals surface area contributed by atoms with Gasteiger partial charge in [-0.1, -0.05) is 36.4 Å². The zero-order chi connectivity index (χ0) is 22.8. The second-order valence-corrected chi connectivity index (χ2v) is 9.01. The van der Waals surface area contributed by atoms with Crippen molar-refractivity contribution in [1.29, 1.82) is 5.26 Å². The van der Waals surface area contributed by atoms with Gasteiger partial charge < -0.3 is 10.2 Å². The van der Waals surface area contributed by atoms with Crippen molar-refractivity contribution in [2.75, 3.05) is 4.90 Å². The molecule has 0 saturated heterocycles. The molecule has 1 heterocycles. The average Bonchev–Trinajstić information content (AvgIpc) is 2.70. The van der Waals surface area contributed by atoms with Crippen molar-refractivity contribution < 1.29 is 4.79 Å². The van der Waals surface area contributed by atoms with Gasteiger partial charge in [-0.2, -0.15) is 5.26 Å². The number of nitriles is 1. The number of allylic oxidation sites excluding steroid dienone is 1. The van der Waals surface area contributed by atoms with Gasteiger partial charge in [0.25, 0.3) is 5.91 Å². The van der Waals surface area contributed by atoms with Crippen LogP contribution < -0.4 is 10.2 Å². The summed E-state index contributed by atoms with van der Waals surface area (Å²) in [6, 6.07) is 16.4. The maximum atomic E-state index is 12.6. The predicted molar refractivity (Wildman–Crippen MR) is 128 cm³/mol. The van der Waals surface area contributed by atoms with Crippen LogP contribution in [0, 0.1) is 18.3 Å². The summed E-state index contributed by atoms with van der Waals surface area (Å²) in [5.41, 5.74) is 6.50. The third-order valence-corrected chi connectivity index (χ3v) is 5.74. The van der Waals surface area contributed by atoms with E-state index in [9.17, 15) is 10.1 Å². The summed E-state index contributed by atoms with van der Waals surface area (Å²) in [7, 11) is 0. The standard InChI is InChI=1S/C27H31N3O/c1-18(2)30-25-12-19(3)22(14-24(25)20(4)15-27(30,5)6)13-23(16-28)26(31)29-17-21-10-8-7-9-11-21/h7-15,18H,17H2,1-6H3,(H,29,31)/b23-13-. The van der Waals surface area contributed by atoms with Crippen LogP contribution in [0.5, 0.6) is 0 Å². The Bertz CT molecular complexity index is 1090. The quantitative estimate of drug-likeness (QED) is 0.511. The predicted octanol–water partition coefficient (Wildman–Crippen LogP) is 5.63. The summed E-state index contributed by atoms with van der Waals surface area (Å²) in [6.07, 6.45) is 3.98. The minimum absolute atomic E-state index is 0.0792. The van der Waals surface area contributed by atoms with Crippen LogP contribution in [-0.2, 0) is 11.3 Å². The fourth-order valence-electron chi connectivity index (χ4n) is 4.49. The van der Waals surface area contributed by atoms with Gasteiger partial charge in [0.15, 0.2) is 0 Å². The number of rotatable bonds is 5. The summed E-state index contributed by atoms with van der Waals surface area (Å²) >= 11 is 0.